The van der Waals surface area contributed by atoms with Gasteiger partial charge in [0.25, 0.3) is 11.8 Å². The number of nitrogens with one attached hydrogen (secondary N) is 1. The molecule has 4 heterocycles. The Morgan fingerprint density at radius 2 is 1.95 bits per heavy atom. The Kier molecular flexibility index (Phi) is 7.56. The molecular weight excluding hydrogens is 548 g/mol. The maximum atomic E-state index is 15.8. The van der Waals surface area contributed by atoms with Gasteiger partial charge in [-0.25, -0.2) is 17.6 Å². The van der Waals surface area contributed by atoms with E-state index in [1.807, 2.05) is 13.8 Å². The number of fused-ring (bicyclic) bond motifs is 5. The SMILES string of the molecule is CCCCOc1c2n(cc(C(=O)NCc3c(F)cc(F)cc3F)c1=O)[C@@H]1CN(C2=O)[C@@H](C)CC[C@@]12ON=C(C)[C@H]2F. The number of benzene rings is 1. The van der Waals surface area contributed by atoms with Crippen LogP contribution in [0.4, 0.5) is 17.6 Å². The van der Waals surface area contributed by atoms with Gasteiger partial charge in [-0.3, -0.25) is 14.4 Å². The summed E-state index contributed by atoms with van der Waals surface area (Å²) in [5.74, 6) is -5.45. The van der Waals surface area contributed by atoms with Crippen LogP contribution in [0.1, 0.15) is 78.9 Å². The van der Waals surface area contributed by atoms with Gasteiger partial charge in [0.2, 0.25) is 5.43 Å². The van der Waals surface area contributed by atoms with E-state index in [0.717, 1.165) is 12.6 Å². The molecule has 41 heavy (non-hydrogen) atoms. The van der Waals surface area contributed by atoms with Gasteiger partial charge in [0, 0.05) is 43.0 Å². The van der Waals surface area contributed by atoms with E-state index in [1.54, 1.807) is 4.90 Å². The largest absolute Gasteiger partial charge is 0.487 e. The molecule has 1 aromatic heterocycles. The predicted octanol–water partition coefficient (Wildman–Crippen LogP) is 4.04. The molecule has 2 amide bonds. The van der Waals surface area contributed by atoms with Crippen LogP contribution in [0.5, 0.6) is 5.75 Å². The number of aromatic nitrogens is 1. The van der Waals surface area contributed by atoms with Crippen LogP contribution >= 0.6 is 0 Å². The van der Waals surface area contributed by atoms with Gasteiger partial charge < -0.3 is 24.4 Å². The quantitative estimate of drug-likeness (QED) is 0.395. The number of hydrogen-bond donors (Lipinski definition) is 1. The van der Waals surface area contributed by atoms with Crippen LogP contribution in [0.3, 0.4) is 0 Å². The molecule has 5 rings (SSSR count). The normalized spacial score (nSPS) is 25.0. The highest BCUT2D eigenvalue weighted by Gasteiger charge is 2.59. The zero-order chi connectivity index (χ0) is 29.6. The second kappa shape index (κ2) is 10.8. The lowest BCUT2D eigenvalue weighted by molar-refractivity contribution is -0.0956. The number of nitrogens with zero attached hydrogens (tertiary/aromatic N) is 3. The lowest BCUT2D eigenvalue weighted by Gasteiger charge is -2.42. The fourth-order valence-electron chi connectivity index (χ4n) is 5.71. The molecule has 9 nitrogen and oxygen atoms in total. The van der Waals surface area contributed by atoms with Crippen LogP contribution < -0.4 is 15.5 Å². The highest BCUT2D eigenvalue weighted by molar-refractivity contribution is 5.99. The number of halogens is 4. The number of ether oxygens (including phenoxy) is 1. The minimum absolute atomic E-state index is 0.0283. The van der Waals surface area contributed by atoms with E-state index in [9.17, 15) is 27.6 Å². The summed E-state index contributed by atoms with van der Waals surface area (Å²) in [6.45, 7) is 4.63. The van der Waals surface area contributed by atoms with Crippen molar-refractivity contribution in [2.75, 3.05) is 13.2 Å². The summed E-state index contributed by atoms with van der Waals surface area (Å²) in [7, 11) is 0. The average Bonchev–Trinajstić information content (AvgIpc) is 3.13. The summed E-state index contributed by atoms with van der Waals surface area (Å²) >= 11 is 0. The van der Waals surface area contributed by atoms with Gasteiger partial charge in [-0.15, -0.1) is 0 Å². The molecule has 13 heteroatoms. The Balaban J connectivity index is 1.62. The third-order valence-electron chi connectivity index (χ3n) is 8.09. The topological polar surface area (TPSA) is 102 Å². The summed E-state index contributed by atoms with van der Waals surface area (Å²) in [6, 6.07) is -0.247. The van der Waals surface area contributed by atoms with E-state index in [0.29, 0.717) is 25.0 Å². The molecule has 1 fully saturated rings. The van der Waals surface area contributed by atoms with Crippen molar-refractivity contribution in [3.8, 4) is 5.75 Å². The number of unbranched alkanes of at least 4 members (excludes halogenated alkanes) is 1. The lowest BCUT2D eigenvalue weighted by Crippen LogP contribution is -2.55. The Hall–Kier alpha value is -3.90. The fraction of sp³-hybridized carbons (Fsp3) is 0.500. The first-order valence-electron chi connectivity index (χ1n) is 13.5. The second-order valence-corrected chi connectivity index (χ2v) is 10.7. The van der Waals surface area contributed by atoms with E-state index >= 15 is 4.39 Å². The van der Waals surface area contributed by atoms with Crippen LogP contribution in [0.2, 0.25) is 0 Å². The van der Waals surface area contributed by atoms with Crippen molar-refractivity contribution in [3.05, 3.63) is 62.8 Å². The van der Waals surface area contributed by atoms with Gasteiger partial charge in [0.05, 0.1) is 18.4 Å². The molecule has 1 aromatic carbocycles. The van der Waals surface area contributed by atoms with Crippen LogP contribution in [0.25, 0.3) is 0 Å². The number of alkyl halides is 1. The molecule has 0 saturated carbocycles. The molecule has 1 spiro atoms. The van der Waals surface area contributed by atoms with Crippen LogP contribution in [-0.2, 0) is 11.4 Å². The first-order valence-corrected chi connectivity index (χ1v) is 13.5. The standard InChI is InChI=1S/C28H30F4N4O5/c1-4-5-8-40-24-22-27(39)35-13-21(28(7-6-14(35)2)25(32)15(3)34-41-28)36(22)12-18(23(24)37)26(38)33-11-17-19(30)9-16(29)10-20(17)31/h9-10,12,14,21,25H,4-8,11,13H2,1-3H3,(H,33,38)/t14-,21+,25+,28+/m0/s1. The summed E-state index contributed by atoms with van der Waals surface area (Å²) in [6.07, 6.45) is 1.38. The maximum Gasteiger partial charge on any atom is 0.274 e. The minimum Gasteiger partial charge on any atom is -0.487 e. The zero-order valence-electron chi connectivity index (χ0n) is 22.8. The van der Waals surface area contributed by atoms with Crippen LogP contribution in [0, 0.1) is 17.5 Å². The molecule has 1 saturated heterocycles. The van der Waals surface area contributed by atoms with E-state index < -0.39 is 70.2 Å². The number of oxime groups is 1. The first kappa shape index (κ1) is 28.6. The first-order chi connectivity index (χ1) is 19.5. The number of carbonyl (C=O) groups is 2. The van der Waals surface area contributed by atoms with Gasteiger partial charge in [0.15, 0.2) is 23.2 Å². The zero-order valence-corrected chi connectivity index (χ0v) is 22.8. The van der Waals surface area contributed by atoms with Gasteiger partial charge in [-0.2, -0.15) is 0 Å². The van der Waals surface area contributed by atoms with E-state index in [4.69, 9.17) is 9.57 Å². The van der Waals surface area contributed by atoms with Crippen molar-refractivity contribution >= 4 is 17.5 Å². The lowest BCUT2D eigenvalue weighted by atomic mass is 9.82. The third-order valence-corrected chi connectivity index (χ3v) is 8.09. The fourth-order valence-corrected chi connectivity index (χ4v) is 5.71. The molecule has 2 bridgehead atoms. The summed E-state index contributed by atoms with van der Waals surface area (Å²) in [5.41, 5.74) is -3.51. The Labute approximate surface area is 233 Å². The molecule has 220 valence electrons. The molecule has 2 aromatic rings. The van der Waals surface area contributed by atoms with E-state index in [2.05, 4.69) is 10.5 Å². The van der Waals surface area contributed by atoms with Crippen molar-refractivity contribution in [1.29, 1.82) is 0 Å². The van der Waals surface area contributed by atoms with Crippen LogP contribution in [0.15, 0.2) is 28.3 Å². The molecule has 0 aliphatic carbocycles. The molecule has 1 N–H and O–H groups in total. The monoisotopic (exact) mass is 578 g/mol. The van der Waals surface area contributed by atoms with E-state index in [-0.39, 0.29) is 42.8 Å². The number of pyridine rings is 1. The van der Waals surface area contributed by atoms with Gasteiger partial charge in [-0.05, 0) is 33.1 Å². The number of rotatable bonds is 7. The van der Waals surface area contributed by atoms with Crippen molar-refractivity contribution in [2.24, 2.45) is 5.16 Å². The van der Waals surface area contributed by atoms with Crippen molar-refractivity contribution in [2.45, 2.75) is 76.9 Å². The summed E-state index contributed by atoms with van der Waals surface area (Å²) in [4.78, 5) is 47.9. The van der Waals surface area contributed by atoms with Crippen molar-refractivity contribution < 1.29 is 36.7 Å². The molecule has 3 aliphatic rings. The molecule has 3 aliphatic heterocycles. The second-order valence-electron chi connectivity index (χ2n) is 10.7. The highest BCUT2D eigenvalue weighted by Crippen LogP contribution is 2.47. The molecular formula is C28H30F4N4O5. The van der Waals surface area contributed by atoms with Crippen molar-refractivity contribution in [1.82, 2.24) is 14.8 Å². The predicted molar refractivity (Wildman–Crippen MR) is 139 cm³/mol. The maximum absolute atomic E-state index is 15.8. The van der Waals surface area contributed by atoms with E-state index in [1.165, 1.54) is 11.5 Å². The number of hydrogen-bond acceptors (Lipinski definition) is 6. The smallest absolute Gasteiger partial charge is 0.274 e. The van der Waals surface area contributed by atoms with Crippen LogP contribution in [-0.4, -0.2) is 58.0 Å². The number of carbonyl (C=O) groups excluding carboxylic acids is 2. The molecule has 4 atom stereocenters. The summed E-state index contributed by atoms with van der Waals surface area (Å²) in [5, 5.41) is 6.19. The highest BCUT2D eigenvalue weighted by atomic mass is 19.1. The Bertz CT molecular complexity index is 1470. The average molecular weight is 579 g/mol. The minimum atomic E-state index is -1.62. The van der Waals surface area contributed by atoms with Gasteiger partial charge >= 0.3 is 0 Å². The molecule has 0 radical (unpaired) electrons. The Morgan fingerprint density at radius 3 is 2.59 bits per heavy atom. The summed E-state index contributed by atoms with van der Waals surface area (Å²) < 4.78 is 64.6. The third kappa shape index (κ3) is 4.74. The molecule has 0 unspecified atom stereocenters. The van der Waals surface area contributed by atoms with Gasteiger partial charge in [-0.1, -0.05) is 18.5 Å². The number of amides is 2. The Morgan fingerprint density at radius 1 is 1.24 bits per heavy atom. The van der Waals surface area contributed by atoms with Gasteiger partial charge in [0.1, 0.15) is 23.0 Å². The van der Waals surface area contributed by atoms with Crippen molar-refractivity contribution in [3.63, 3.8) is 0 Å².